The van der Waals surface area contributed by atoms with Gasteiger partial charge in [0.25, 0.3) is 0 Å². The third-order valence-electron chi connectivity index (χ3n) is 3.61. The summed E-state index contributed by atoms with van der Waals surface area (Å²) in [5.41, 5.74) is -0.995. The molecule has 0 saturated carbocycles. The van der Waals surface area contributed by atoms with E-state index in [4.69, 9.17) is 0 Å². The molecule has 0 heterocycles. The Morgan fingerprint density at radius 1 is 1.22 bits per heavy atom. The molecule has 0 amide bonds. The molecule has 1 rings (SSSR count). The normalized spacial score (nSPS) is 14.0. The van der Waals surface area contributed by atoms with Crippen LogP contribution in [0.1, 0.15) is 45.1 Å². The van der Waals surface area contributed by atoms with E-state index in [0.717, 1.165) is 31.7 Å². The van der Waals surface area contributed by atoms with Gasteiger partial charge in [-0.15, -0.1) is 0 Å². The van der Waals surface area contributed by atoms with Crippen molar-refractivity contribution in [3.8, 4) is 0 Å². The molecule has 0 aliphatic rings. The van der Waals surface area contributed by atoms with Gasteiger partial charge in [0.05, 0.1) is 10.5 Å². The van der Waals surface area contributed by atoms with Crippen molar-refractivity contribution in [2.24, 2.45) is 5.92 Å². The van der Waals surface area contributed by atoms with E-state index in [2.05, 4.69) is 27.6 Å². The van der Waals surface area contributed by atoms with Crippen LogP contribution < -0.4 is 4.72 Å². The van der Waals surface area contributed by atoms with Crippen molar-refractivity contribution >= 4 is 26.0 Å². The fourth-order valence-corrected chi connectivity index (χ4v) is 3.97. The highest BCUT2D eigenvalue weighted by Gasteiger charge is 2.32. The summed E-state index contributed by atoms with van der Waals surface area (Å²) in [7, 11) is -3.98. The Labute approximate surface area is 143 Å². The Kier molecular flexibility index (Phi) is 7.54. The van der Waals surface area contributed by atoms with Crippen LogP contribution in [0.25, 0.3) is 0 Å². The van der Waals surface area contributed by atoms with Gasteiger partial charge in [0.15, 0.2) is 0 Å². The highest BCUT2D eigenvalue weighted by molar-refractivity contribution is 9.10. The number of hydrogen-bond acceptors (Lipinski definition) is 2. The Morgan fingerprint density at radius 3 is 2.39 bits per heavy atom. The van der Waals surface area contributed by atoms with E-state index >= 15 is 0 Å². The molecule has 1 aromatic carbocycles. The zero-order valence-electron chi connectivity index (χ0n) is 13.1. The lowest BCUT2D eigenvalue weighted by atomic mass is 10.00. The summed E-state index contributed by atoms with van der Waals surface area (Å²) in [5, 5.41) is 0. The van der Waals surface area contributed by atoms with Gasteiger partial charge in [0, 0.05) is 11.0 Å². The van der Waals surface area contributed by atoms with Crippen LogP contribution in [0.4, 0.5) is 13.2 Å². The first-order valence-electron chi connectivity index (χ1n) is 7.47. The van der Waals surface area contributed by atoms with Gasteiger partial charge in [0.1, 0.15) is 0 Å². The summed E-state index contributed by atoms with van der Waals surface area (Å²) in [6, 6.07) is 2.68. The smallest absolute Gasteiger partial charge is 0.211 e. The minimum Gasteiger partial charge on any atom is -0.211 e. The number of sulfonamides is 1. The molecule has 1 aromatic rings. The maximum absolute atomic E-state index is 12.8. The van der Waals surface area contributed by atoms with E-state index in [-0.39, 0.29) is 21.8 Å². The van der Waals surface area contributed by atoms with Gasteiger partial charge in [-0.05, 0) is 30.5 Å². The largest absolute Gasteiger partial charge is 0.416 e. The molecular formula is C15H21BrF3NO2S. The van der Waals surface area contributed by atoms with E-state index < -0.39 is 21.8 Å². The quantitative estimate of drug-likeness (QED) is 0.651. The monoisotopic (exact) mass is 415 g/mol. The van der Waals surface area contributed by atoms with E-state index in [0.29, 0.717) is 6.07 Å². The first kappa shape index (κ1) is 20.4. The van der Waals surface area contributed by atoms with Crippen molar-refractivity contribution in [1.82, 2.24) is 4.72 Å². The van der Waals surface area contributed by atoms with Crippen molar-refractivity contribution in [3.63, 3.8) is 0 Å². The maximum atomic E-state index is 12.8. The van der Waals surface area contributed by atoms with E-state index in [9.17, 15) is 21.6 Å². The second-order valence-electron chi connectivity index (χ2n) is 5.44. The molecule has 1 N–H and O–H groups in total. The molecule has 0 fully saturated rings. The summed E-state index contributed by atoms with van der Waals surface area (Å²) >= 11 is 2.93. The lowest BCUT2D eigenvalue weighted by molar-refractivity contribution is -0.137. The maximum Gasteiger partial charge on any atom is 0.416 e. The molecule has 3 nitrogen and oxygen atoms in total. The lowest BCUT2D eigenvalue weighted by Gasteiger charge is -2.16. The van der Waals surface area contributed by atoms with Crippen molar-refractivity contribution in [3.05, 3.63) is 28.2 Å². The highest BCUT2D eigenvalue weighted by Crippen LogP contribution is 2.33. The number of hydrogen-bond donors (Lipinski definition) is 1. The van der Waals surface area contributed by atoms with Gasteiger partial charge in [-0.3, -0.25) is 0 Å². The second-order valence-corrected chi connectivity index (χ2v) is 8.12. The molecule has 0 unspecified atom stereocenters. The molecule has 132 valence electrons. The molecule has 0 bridgehead atoms. The molecule has 0 aliphatic carbocycles. The summed E-state index contributed by atoms with van der Waals surface area (Å²) in [6.45, 7) is 4.25. The molecular weight excluding hydrogens is 395 g/mol. The summed E-state index contributed by atoms with van der Waals surface area (Å²) in [6.07, 6.45) is -0.878. The number of nitrogens with one attached hydrogen (secondary N) is 1. The van der Waals surface area contributed by atoms with Gasteiger partial charge in [0.2, 0.25) is 10.0 Å². The van der Waals surface area contributed by atoms with Crippen LogP contribution in [0, 0.1) is 5.92 Å². The average molecular weight is 416 g/mol. The molecule has 0 saturated heterocycles. The van der Waals surface area contributed by atoms with Gasteiger partial charge >= 0.3 is 6.18 Å². The first-order valence-corrected chi connectivity index (χ1v) is 9.75. The van der Waals surface area contributed by atoms with E-state index in [1.165, 1.54) is 6.07 Å². The van der Waals surface area contributed by atoms with Crippen LogP contribution in [0.3, 0.4) is 0 Å². The SMILES string of the molecule is CCCC[C@@H](CC)CNS(=O)(=O)c1cc(Br)cc(C(F)(F)F)c1. The molecule has 0 aliphatic heterocycles. The minimum atomic E-state index is -4.60. The second kappa shape index (κ2) is 8.48. The van der Waals surface area contributed by atoms with Crippen LogP contribution in [0.5, 0.6) is 0 Å². The zero-order valence-corrected chi connectivity index (χ0v) is 15.5. The molecule has 0 aromatic heterocycles. The van der Waals surface area contributed by atoms with Crippen molar-refractivity contribution in [1.29, 1.82) is 0 Å². The van der Waals surface area contributed by atoms with Gasteiger partial charge in [-0.1, -0.05) is 49.0 Å². The predicted molar refractivity (Wildman–Crippen MR) is 87.6 cm³/mol. The summed E-state index contributed by atoms with van der Waals surface area (Å²) in [5.74, 6) is 0.180. The summed E-state index contributed by atoms with van der Waals surface area (Å²) in [4.78, 5) is -0.385. The van der Waals surface area contributed by atoms with Crippen molar-refractivity contribution in [2.75, 3.05) is 6.54 Å². The molecule has 1 atom stereocenters. The van der Waals surface area contributed by atoms with Crippen LogP contribution in [0.2, 0.25) is 0 Å². The van der Waals surface area contributed by atoms with Gasteiger partial charge in [-0.2, -0.15) is 13.2 Å². The third-order valence-corrected chi connectivity index (χ3v) is 5.48. The topological polar surface area (TPSA) is 46.2 Å². The number of unbranched alkanes of at least 4 members (excludes halogenated alkanes) is 1. The fourth-order valence-electron chi connectivity index (χ4n) is 2.14. The van der Waals surface area contributed by atoms with Crippen molar-refractivity contribution in [2.45, 2.75) is 50.6 Å². The Balaban J connectivity index is 2.94. The average Bonchev–Trinajstić information content (AvgIpc) is 2.46. The van der Waals surface area contributed by atoms with E-state index in [1.54, 1.807) is 0 Å². The van der Waals surface area contributed by atoms with E-state index in [1.807, 2.05) is 6.92 Å². The van der Waals surface area contributed by atoms with Crippen molar-refractivity contribution < 1.29 is 21.6 Å². The molecule has 0 spiro atoms. The number of alkyl halides is 3. The van der Waals surface area contributed by atoms with Crippen LogP contribution in [-0.2, 0) is 16.2 Å². The fraction of sp³-hybridized carbons (Fsp3) is 0.600. The minimum absolute atomic E-state index is 0.0747. The molecule has 23 heavy (non-hydrogen) atoms. The first-order chi connectivity index (χ1) is 10.6. The third kappa shape index (κ3) is 6.43. The molecule has 8 heteroatoms. The van der Waals surface area contributed by atoms with Crippen LogP contribution >= 0.6 is 15.9 Å². The number of halogens is 4. The lowest BCUT2D eigenvalue weighted by Crippen LogP contribution is -2.29. The standard InChI is InChI=1S/C15H21BrF3NO2S/c1-3-5-6-11(4-2)10-20-23(21,22)14-8-12(15(17,18)19)7-13(16)9-14/h7-9,11,20H,3-6,10H2,1-2H3/t11-/m1/s1. The number of rotatable bonds is 8. The van der Waals surface area contributed by atoms with Gasteiger partial charge in [-0.25, -0.2) is 13.1 Å². The Morgan fingerprint density at radius 2 is 1.87 bits per heavy atom. The Hall–Kier alpha value is -0.600. The molecule has 0 radical (unpaired) electrons. The van der Waals surface area contributed by atoms with Crippen LogP contribution in [-0.4, -0.2) is 15.0 Å². The van der Waals surface area contributed by atoms with Gasteiger partial charge < -0.3 is 0 Å². The summed E-state index contributed by atoms with van der Waals surface area (Å²) < 4.78 is 65.4. The highest BCUT2D eigenvalue weighted by atomic mass is 79.9. The Bertz CT molecular complexity index is 618. The predicted octanol–water partition coefficient (Wildman–Crippen LogP) is 4.96. The zero-order chi connectivity index (χ0) is 17.7. The number of benzene rings is 1. The van der Waals surface area contributed by atoms with Crippen LogP contribution in [0.15, 0.2) is 27.6 Å².